The summed E-state index contributed by atoms with van der Waals surface area (Å²) in [7, 11) is 0. The first-order chi connectivity index (χ1) is 11.4. The van der Waals surface area contributed by atoms with E-state index >= 15 is 0 Å². The number of aryl methyl sites for hydroxylation is 1. The Morgan fingerprint density at radius 2 is 1.13 bits per heavy atom. The monoisotopic (exact) mass is 312 g/mol. The maximum Gasteiger partial charge on any atom is 0.00918 e. The summed E-state index contributed by atoms with van der Waals surface area (Å²) in [4.78, 5) is 0. The van der Waals surface area contributed by atoms with Crippen LogP contribution in [0.4, 0.5) is 0 Å². The summed E-state index contributed by atoms with van der Waals surface area (Å²) in [6.07, 6.45) is 18.5. The summed E-state index contributed by atoms with van der Waals surface area (Å²) in [5, 5.41) is 0. The van der Waals surface area contributed by atoms with Gasteiger partial charge in [0.25, 0.3) is 0 Å². The van der Waals surface area contributed by atoms with Gasteiger partial charge in [0.1, 0.15) is 0 Å². The van der Waals surface area contributed by atoms with Crippen molar-refractivity contribution >= 4 is 0 Å². The van der Waals surface area contributed by atoms with Crippen LogP contribution in [0.3, 0.4) is 0 Å². The maximum absolute atomic E-state index is 3.35. The molecule has 0 aliphatic carbocycles. The molecule has 0 fully saturated rings. The molecule has 0 aliphatic rings. The number of unbranched alkanes of at least 4 members (excludes halogenated alkanes) is 11. The minimum absolute atomic E-state index is 1.05. The second-order valence-corrected chi connectivity index (χ2v) is 6.62. The van der Waals surface area contributed by atoms with Crippen LogP contribution in [-0.4, -0.2) is 0 Å². The van der Waals surface area contributed by atoms with Crippen LogP contribution in [0.15, 0.2) is 30.3 Å². The summed E-state index contributed by atoms with van der Waals surface area (Å²) in [6, 6.07) is 10.7. The van der Waals surface area contributed by atoms with E-state index in [1.807, 2.05) is 0 Å². The zero-order valence-electron chi connectivity index (χ0n) is 15.3. The van der Waals surface area contributed by atoms with Crippen molar-refractivity contribution in [2.24, 2.45) is 0 Å². The van der Waals surface area contributed by atoms with E-state index in [2.05, 4.69) is 49.1 Å². The molecule has 0 saturated heterocycles. The predicted octanol–water partition coefficient (Wildman–Crippen LogP) is 7.32. The van der Waals surface area contributed by atoms with Crippen LogP contribution >= 0.6 is 0 Å². The summed E-state index contributed by atoms with van der Waals surface area (Å²) in [6.45, 7) is 2.28. The second kappa shape index (κ2) is 15.7. The van der Waals surface area contributed by atoms with Crippen LogP contribution < -0.4 is 0 Å². The van der Waals surface area contributed by atoms with E-state index in [-0.39, 0.29) is 0 Å². The van der Waals surface area contributed by atoms with Gasteiger partial charge in [-0.15, -0.1) is 11.8 Å². The van der Waals surface area contributed by atoms with Gasteiger partial charge in [0, 0.05) is 12.8 Å². The van der Waals surface area contributed by atoms with Gasteiger partial charge in [-0.1, -0.05) is 95.0 Å². The second-order valence-electron chi connectivity index (χ2n) is 6.62. The molecule has 0 N–H and O–H groups in total. The van der Waals surface area contributed by atoms with Gasteiger partial charge in [0.15, 0.2) is 0 Å². The first-order valence-electron chi connectivity index (χ1n) is 9.93. The van der Waals surface area contributed by atoms with Crippen molar-refractivity contribution in [1.82, 2.24) is 0 Å². The molecule has 0 heteroatoms. The van der Waals surface area contributed by atoms with Gasteiger partial charge < -0.3 is 0 Å². The van der Waals surface area contributed by atoms with Crippen molar-refractivity contribution in [3.05, 3.63) is 35.9 Å². The largest absolute Gasteiger partial charge is 0.103 e. The number of rotatable bonds is 13. The molecule has 0 amide bonds. The third-order valence-corrected chi connectivity index (χ3v) is 4.39. The Bertz CT molecular complexity index is 407. The summed E-state index contributed by atoms with van der Waals surface area (Å²) in [5.74, 6) is 6.68. The minimum atomic E-state index is 1.05. The topological polar surface area (TPSA) is 0 Å². The van der Waals surface area contributed by atoms with Gasteiger partial charge in [0.05, 0.1) is 0 Å². The summed E-state index contributed by atoms with van der Waals surface area (Å²) >= 11 is 0. The van der Waals surface area contributed by atoms with Gasteiger partial charge in [-0.05, 0) is 24.8 Å². The molecule has 128 valence electrons. The molecule has 0 heterocycles. The molecule has 0 aliphatic heterocycles. The Hall–Kier alpha value is -1.22. The van der Waals surface area contributed by atoms with Crippen LogP contribution in [0.2, 0.25) is 0 Å². The normalized spacial score (nSPS) is 10.3. The molecule has 0 radical (unpaired) electrons. The Kier molecular flexibility index (Phi) is 13.5. The molecule has 0 unspecified atom stereocenters. The fourth-order valence-corrected chi connectivity index (χ4v) is 2.90. The van der Waals surface area contributed by atoms with E-state index in [0.717, 1.165) is 19.3 Å². The molecule has 23 heavy (non-hydrogen) atoms. The Morgan fingerprint density at radius 1 is 0.609 bits per heavy atom. The molecule has 1 aromatic carbocycles. The van der Waals surface area contributed by atoms with Crippen molar-refractivity contribution in [2.75, 3.05) is 0 Å². The molecule has 0 aromatic heterocycles. The van der Waals surface area contributed by atoms with Gasteiger partial charge in [-0.2, -0.15) is 0 Å². The summed E-state index contributed by atoms with van der Waals surface area (Å²) in [5.41, 5.74) is 1.43. The lowest BCUT2D eigenvalue weighted by Gasteiger charge is -2.00. The highest BCUT2D eigenvalue weighted by molar-refractivity contribution is 5.14. The lowest BCUT2D eigenvalue weighted by molar-refractivity contribution is 0.558. The fraction of sp³-hybridized carbons (Fsp3) is 0.652. The SMILES string of the molecule is CCCCCCCCCCCCC#CCCCc1ccccc1. The van der Waals surface area contributed by atoms with Gasteiger partial charge in [-0.25, -0.2) is 0 Å². The number of hydrogen-bond acceptors (Lipinski definition) is 0. The van der Waals surface area contributed by atoms with Crippen molar-refractivity contribution in [3.8, 4) is 11.8 Å². The molecule has 1 aromatic rings. The first-order valence-corrected chi connectivity index (χ1v) is 9.93. The Labute approximate surface area is 145 Å². The third-order valence-electron chi connectivity index (χ3n) is 4.39. The summed E-state index contributed by atoms with van der Waals surface area (Å²) < 4.78 is 0. The first kappa shape index (κ1) is 19.8. The van der Waals surface area contributed by atoms with E-state index in [9.17, 15) is 0 Å². The van der Waals surface area contributed by atoms with Crippen molar-refractivity contribution in [1.29, 1.82) is 0 Å². The highest BCUT2D eigenvalue weighted by atomic mass is 14.0. The lowest BCUT2D eigenvalue weighted by Crippen LogP contribution is -1.83. The van der Waals surface area contributed by atoms with Crippen LogP contribution in [0, 0.1) is 11.8 Å². The Balaban J connectivity index is 1.81. The van der Waals surface area contributed by atoms with E-state index in [4.69, 9.17) is 0 Å². The quantitative estimate of drug-likeness (QED) is 0.264. The average Bonchev–Trinajstić information content (AvgIpc) is 2.59. The van der Waals surface area contributed by atoms with Gasteiger partial charge >= 0.3 is 0 Å². The minimum Gasteiger partial charge on any atom is -0.103 e. The van der Waals surface area contributed by atoms with Crippen molar-refractivity contribution in [3.63, 3.8) is 0 Å². The van der Waals surface area contributed by atoms with Gasteiger partial charge in [-0.3, -0.25) is 0 Å². The van der Waals surface area contributed by atoms with Crippen molar-refractivity contribution in [2.45, 2.75) is 96.8 Å². The molecule has 0 spiro atoms. The van der Waals surface area contributed by atoms with E-state index in [0.29, 0.717) is 0 Å². The molecular weight excluding hydrogens is 276 g/mol. The fourth-order valence-electron chi connectivity index (χ4n) is 2.90. The predicted molar refractivity (Wildman–Crippen MR) is 104 cm³/mol. The standard InChI is InChI=1S/C23H36/c1-2-3-4-5-6-7-8-9-10-11-12-13-14-15-17-20-23-21-18-16-19-22-23/h16,18-19,21-22H,2-12,15,17,20H2,1H3. The van der Waals surface area contributed by atoms with Crippen LogP contribution in [0.25, 0.3) is 0 Å². The molecule has 1 rings (SSSR count). The van der Waals surface area contributed by atoms with Crippen LogP contribution in [0.5, 0.6) is 0 Å². The van der Waals surface area contributed by atoms with Crippen LogP contribution in [0.1, 0.15) is 96.0 Å². The Morgan fingerprint density at radius 3 is 1.74 bits per heavy atom. The molecule has 0 bridgehead atoms. The van der Waals surface area contributed by atoms with Crippen LogP contribution in [-0.2, 0) is 6.42 Å². The average molecular weight is 313 g/mol. The van der Waals surface area contributed by atoms with E-state index in [1.54, 1.807) is 0 Å². The number of benzene rings is 1. The van der Waals surface area contributed by atoms with Gasteiger partial charge in [0.2, 0.25) is 0 Å². The molecular formula is C23H36. The molecule has 0 atom stereocenters. The maximum atomic E-state index is 3.35. The number of hydrogen-bond donors (Lipinski definition) is 0. The molecule has 0 saturated carbocycles. The zero-order chi connectivity index (χ0) is 16.4. The van der Waals surface area contributed by atoms with E-state index in [1.165, 1.54) is 76.2 Å². The lowest BCUT2D eigenvalue weighted by atomic mass is 10.1. The smallest absolute Gasteiger partial charge is 0.00918 e. The molecule has 0 nitrogen and oxygen atoms in total. The van der Waals surface area contributed by atoms with E-state index < -0.39 is 0 Å². The highest BCUT2D eigenvalue weighted by Crippen LogP contribution is 2.11. The van der Waals surface area contributed by atoms with Crippen molar-refractivity contribution < 1.29 is 0 Å². The highest BCUT2D eigenvalue weighted by Gasteiger charge is 1.92. The zero-order valence-corrected chi connectivity index (χ0v) is 15.3. The third kappa shape index (κ3) is 13.0.